The van der Waals surface area contributed by atoms with E-state index in [1.54, 1.807) is 11.3 Å². The summed E-state index contributed by atoms with van der Waals surface area (Å²) in [7, 11) is 0. The Morgan fingerprint density at radius 1 is 1.56 bits per heavy atom. The van der Waals surface area contributed by atoms with Crippen molar-refractivity contribution in [3.05, 3.63) is 22.4 Å². The lowest BCUT2D eigenvalue weighted by Gasteiger charge is -2.47. The molecule has 0 aliphatic carbocycles. The van der Waals surface area contributed by atoms with E-state index in [9.17, 15) is 4.79 Å². The van der Waals surface area contributed by atoms with Crippen molar-refractivity contribution in [3.8, 4) is 0 Å². The molecule has 3 nitrogen and oxygen atoms in total. The van der Waals surface area contributed by atoms with E-state index >= 15 is 0 Å². The quantitative estimate of drug-likeness (QED) is 0.834. The highest BCUT2D eigenvalue weighted by atomic mass is 32.1. The SMILES string of the molecule is O=C(Cc1cccs1)N1CC2(CCNC2)C1. The molecule has 1 aromatic heterocycles. The highest BCUT2D eigenvalue weighted by Gasteiger charge is 2.46. The van der Waals surface area contributed by atoms with Gasteiger partial charge in [-0.25, -0.2) is 0 Å². The summed E-state index contributed by atoms with van der Waals surface area (Å²) >= 11 is 1.67. The summed E-state index contributed by atoms with van der Waals surface area (Å²) < 4.78 is 0. The molecule has 86 valence electrons. The number of nitrogens with zero attached hydrogens (tertiary/aromatic N) is 1. The second kappa shape index (κ2) is 3.86. The molecule has 2 saturated heterocycles. The minimum atomic E-state index is 0.292. The molecule has 0 bridgehead atoms. The first-order valence-electron chi connectivity index (χ1n) is 5.78. The summed E-state index contributed by atoms with van der Waals surface area (Å²) in [5.74, 6) is 0.292. The first-order chi connectivity index (χ1) is 7.77. The molecule has 1 N–H and O–H groups in total. The van der Waals surface area contributed by atoms with Crippen molar-refractivity contribution in [2.75, 3.05) is 26.2 Å². The molecule has 16 heavy (non-hydrogen) atoms. The number of thiophene rings is 1. The molecule has 2 aliphatic heterocycles. The fourth-order valence-corrected chi connectivity index (χ4v) is 3.38. The predicted octanol–water partition coefficient (Wildman–Crippen LogP) is 1.11. The Bertz CT molecular complexity index is 374. The van der Waals surface area contributed by atoms with E-state index in [4.69, 9.17) is 0 Å². The van der Waals surface area contributed by atoms with Gasteiger partial charge in [-0.3, -0.25) is 4.79 Å². The van der Waals surface area contributed by atoms with Crippen molar-refractivity contribution in [3.63, 3.8) is 0 Å². The fourth-order valence-electron chi connectivity index (χ4n) is 2.68. The van der Waals surface area contributed by atoms with Gasteiger partial charge in [0.25, 0.3) is 0 Å². The third-order valence-corrected chi connectivity index (χ3v) is 4.52. The van der Waals surface area contributed by atoms with E-state index in [0.29, 0.717) is 17.7 Å². The molecule has 0 radical (unpaired) electrons. The third kappa shape index (κ3) is 1.76. The average Bonchev–Trinajstić information content (AvgIpc) is 2.84. The first-order valence-corrected chi connectivity index (χ1v) is 6.66. The third-order valence-electron chi connectivity index (χ3n) is 3.64. The van der Waals surface area contributed by atoms with Crippen LogP contribution in [0, 0.1) is 5.41 Å². The van der Waals surface area contributed by atoms with Crippen LogP contribution in [0.5, 0.6) is 0 Å². The molecule has 0 atom stereocenters. The minimum Gasteiger partial charge on any atom is -0.341 e. The number of hydrogen-bond acceptors (Lipinski definition) is 3. The molecule has 3 heterocycles. The molecule has 2 aliphatic rings. The Balaban J connectivity index is 1.54. The maximum Gasteiger partial charge on any atom is 0.227 e. The lowest BCUT2D eigenvalue weighted by Crippen LogP contribution is -2.59. The fraction of sp³-hybridized carbons (Fsp3) is 0.583. The largest absolute Gasteiger partial charge is 0.341 e. The minimum absolute atomic E-state index is 0.292. The number of nitrogens with one attached hydrogen (secondary N) is 1. The second-order valence-electron chi connectivity index (χ2n) is 4.93. The van der Waals surface area contributed by atoms with Crippen LogP contribution >= 0.6 is 11.3 Å². The number of carbonyl (C=O) groups is 1. The number of hydrogen-bond donors (Lipinski definition) is 1. The number of carbonyl (C=O) groups excluding carboxylic acids is 1. The van der Waals surface area contributed by atoms with Gasteiger partial charge in [0, 0.05) is 29.9 Å². The van der Waals surface area contributed by atoms with E-state index in [2.05, 4.69) is 5.32 Å². The van der Waals surface area contributed by atoms with Gasteiger partial charge in [-0.15, -0.1) is 11.3 Å². The molecule has 0 unspecified atom stereocenters. The van der Waals surface area contributed by atoms with Gasteiger partial charge >= 0.3 is 0 Å². The van der Waals surface area contributed by atoms with Gasteiger partial charge in [0.05, 0.1) is 6.42 Å². The Morgan fingerprint density at radius 3 is 3.06 bits per heavy atom. The van der Waals surface area contributed by atoms with Crippen LogP contribution in [0.3, 0.4) is 0 Å². The molecule has 1 aromatic rings. The van der Waals surface area contributed by atoms with Crippen LogP contribution in [-0.2, 0) is 11.2 Å². The molecule has 0 saturated carbocycles. The smallest absolute Gasteiger partial charge is 0.227 e. The van der Waals surface area contributed by atoms with E-state index in [1.165, 1.54) is 11.3 Å². The number of amides is 1. The second-order valence-corrected chi connectivity index (χ2v) is 5.96. The van der Waals surface area contributed by atoms with Gasteiger partial charge in [-0.2, -0.15) is 0 Å². The molecular formula is C12H16N2OS. The van der Waals surface area contributed by atoms with Crippen LogP contribution in [0.2, 0.25) is 0 Å². The number of rotatable bonds is 2. The Labute approximate surface area is 99.5 Å². The normalized spacial score (nSPS) is 22.4. The summed E-state index contributed by atoms with van der Waals surface area (Å²) in [5, 5.41) is 5.41. The van der Waals surface area contributed by atoms with Crippen molar-refractivity contribution in [1.29, 1.82) is 0 Å². The van der Waals surface area contributed by atoms with Crippen molar-refractivity contribution >= 4 is 17.2 Å². The Kier molecular flexibility index (Phi) is 2.48. The van der Waals surface area contributed by atoms with Crippen molar-refractivity contribution in [2.45, 2.75) is 12.8 Å². The van der Waals surface area contributed by atoms with Crippen LogP contribution in [0.25, 0.3) is 0 Å². The summed E-state index contributed by atoms with van der Waals surface area (Å²) in [4.78, 5) is 15.1. The summed E-state index contributed by atoms with van der Waals surface area (Å²) in [6.45, 7) is 4.14. The van der Waals surface area contributed by atoms with Crippen molar-refractivity contribution in [2.24, 2.45) is 5.41 Å². The van der Waals surface area contributed by atoms with E-state index < -0.39 is 0 Å². The summed E-state index contributed by atoms with van der Waals surface area (Å²) in [6.07, 6.45) is 1.82. The van der Waals surface area contributed by atoms with Crippen LogP contribution < -0.4 is 5.32 Å². The maximum atomic E-state index is 11.9. The van der Waals surface area contributed by atoms with Gasteiger partial charge in [0.15, 0.2) is 0 Å². The molecule has 1 spiro atoms. The van der Waals surface area contributed by atoms with Crippen LogP contribution in [-0.4, -0.2) is 37.0 Å². The van der Waals surface area contributed by atoms with E-state index in [-0.39, 0.29) is 0 Å². The van der Waals surface area contributed by atoms with Gasteiger partial charge in [-0.05, 0) is 24.4 Å². The van der Waals surface area contributed by atoms with Crippen molar-refractivity contribution < 1.29 is 4.79 Å². The Hall–Kier alpha value is -0.870. The standard InChI is InChI=1S/C12H16N2OS/c15-11(6-10-2-1-5-16-10)14-8-12(9-14)3-4-13-7-12/h1-2,5,13H,3-4,6-9H2. The predicted molar refractivity (Wildman–Crippen MR) is 64.5 cm³/mol. The summed E-state index contributed by atoms with van der Waals surface area (Å²) in [6, 6.07) is 4.04. The maximum absolute atomic E-state index is 11.9. The molecule has 4 heteroatoms. The van der Waals surface area contributed by atoms with Crippen LogP contribution in [0.1, 0.15) is 11.3 Å². The van der Waals surface area contributed by atoms with E-state index in [0.717, 1.165) is 26.2 Å². The molecule has 3 rings (SSSR count). The van der Waals surface area contributed by atoms with Crippen molar-refractivity contribution in [1.82, 2.24) is 10.2 Å². The zero-order chi connectivity index (χ0) is 11.0. The van der Waals surface area contributed by atoms with Crippen LogP contribution in [0.15, 0.2) is 17.5 Å². The molecule has 1 amide bonds. The van der Waals surface area contributed by atoms with Gasteiger partial charge in [0.1, 0.15) is 0 Å². The van der Waals surface area contributed by atoms with Gasteiger partial charge < -0.3 is 10.2 Å². The lowest BCUT2D eigenvalue weighted by atomic mass is 9.79. The highest BCUT2D eigenvalue weighted by molar-refractivity contribution is 7.10. The molecule has 0 aromatic carbocycles. The molecular weight excluding hydrogens is 220 g/mol. The van der Waals surface area contributed by atoms with Gasteiger partial charge in [0.2, 0.25) is 5.91 Å². The topological polar surface area (TPSA) is 32.3 Å². The number of likely N-dealkylation sites (tertiary alicyclic amines) is 1. The zero-order valence-corrected chi connectivity index (χ0v) is 10.1. The Morgan fingerprint density at radius 2 is 2.44 bits per heavy atom. The average molecular weight is 236 g/mol. The summed E-state index contributed by atoms with van der Waals surface area (Å²) in [5.41, 5.74) is 0.422. The van der Waals surface area contributed by atoms with Crippen LogP contribution in [0.4, 0.5) is 0 Å². The monoisotopic (exact) mass is 236 g/mol. The lowest BCUT2D eigenvalue weighted by molar-refractivity contribution is -0.141. The highest BCUT2D eigenvalue weighted by Crippen LogP contribution is 2.36. The van der Waals surface area contributed by atoms with Gasteiger partial charge in [-0.1, -0.05) is 6.07 Å². The van der Waals surface area contributed by atoms with E-state index in [1.807, 2.05) is 22.4 Å². The zero-order valence-electron chi connectivity index (χ0n) is 9.24. The molecule has 2 fully saturated rings. The first kappa shape index (κ1) is 10.3.